The largest absolute Gasteiger partial charge is 0.495 e. The Morgan fingerprint density at radius 2 is 2.00 bits per heavy atom. The summed E-state index contributed by atoms with van der Waals surface area (Å²) in [7, 11) is 1.64. The molecule has 28 heavy (non-hydrogen) atoms. The number of carbonyl (C=O) groups is 1. The lowest BCUT2D eigenvalue weighted by Crippen LogP contribution is -2.37. The van der Waals surface area contributed by atoms with Crippen LogP contribution in [0, 0.1) is 5.92 Å². The second kappa shape index (κ2) is 9.25. The average molecular weight is 417 g/mol. The Labute approximate surface area is 173 Å². The molecule has 0 aliphatic heterocycles. The summed E-state index contributed by atoms with van der Waals surface area (Å²) in [5.41, 5.74) is 0.844. The number of benzene rings is 1. The van der Waals surface area contributed by atoms with Crippen LogP contribution in [0.1, 0.15) is 20.8 Å². The number of aromatic nitrogens is 3. The molecule has 148 valence electrons. The predicted octanol–water partition coefficient (Wildman–Crippen LogP) is 4.26. The van der Waals surface area contributed by atoms with Crippen LogP contribution in [0.4, 0.5) is 0 Å². The number of rotatable bonds is 8. The molecule has 2 aromatic heterocycles. The Hall–Kier alpha value is -2.32. The molecule has 1 aromatic carbocycles. The van der Waals surface area contributed by atoms with Gasteiger partial charge < -0.3 is 10.1 Å². The van der Waals surface area contributed by atoms with Gasteiger partial charge in [0.1, 0.15) is 5.75 Å². The molecule has 1 amide bonds. The van der Waals surface area contributed by atoms with Crippen LogP contribution in [0.5, 0.6) is 5.75 Å². The van der Waals surface area contributed by atoms with Crippen molar-refractivity contribution in [1.29, 1.82) is 0 Å². The molecule has 8 heteroatoms. The molecule has 0 unspecified atom stereocenters. The number of thiophene rings is 1. The van der Waals surface area contributed by atoms with Crippen molar-refractivity contribution < 1.29 is 9.53 Å². The number of hydrogen-bond donors (Lipinski definition) is 1. The molecule has 6 nitrogen and oxygen atoms in total. The van der Waals surface area contributed by atoms with E-state index in [9.17, 15) is 4.79 Å². The molecule has 0 aliphatic rings. The fourth-order valence-electron chi connectivity index (χ4n) is 2.55. The Bertz CT molecular complexity index is 922. The number of methoxy groups -OCH3 is 1. The van der Waals surface area contributed by atoms with E-state index in [0.29, 0.717) is 11.1 Å². The highest BCUT2D eigenvalue weighted by Crippen LogP contribution is 2.33. The van der Waals surface area contributed by atoms with E-state index in [1.165, 1.54) is 11.8 Å². The third kappa shape index (κ3) is 4.56. The van der Waals surface area contributed by atoms with E-state index < -0.39 is 0 Å². The van der Waals surface area contributed by atoms with Gasteiger partial charge >= 0.3 is 0 Å². The number of carbonyl (C=O) groups excluding carboxylic acids is 1. The molecular weight excluding hydrogens is 392 g/mol. The van der Waals surface area contributed by atoms with E-state index in [1.807, 2.05) is 53.3 Å². The summed E-state index contributed by atoms with van der Waals surface area (Å²) >= 11 is 2.96. The Morgan fingerprint density at radius 1 is 1.21 bits per heavy atom. The van der Waals surface area contributed by atoms with Crippen molar-refractivity contribution in [2.75, 3.05) is 12.9 Å². The second-order valence-electron chi connectivity index (χ2n) is 6.68. The minimum absolute atomic E-state index is 0.0153. The maximum absolute atomic E-state index is 12.3. The molecule has 0 saturated heterocycles. The van der Waals surface area contributed by atoms with Gasteiger partial charge in [0, 0.05) is 6.04 Å². The predicted molar refractivity (Wildman–Crippen MR) is 114 cm³/mol. The normalized spacial score (nSPS) is 12.2. The monoisotopic (exact) mass is 416 g/mol. The van der Waals surface area contributed by atoms with Crippen molar-refractivity contribution in [2.45, 2.75) is 32.0 Å². The Morgan fingerprint density at radius 3 is 2.68 bits per heavy atom. The quantitative estimate of drug-likeness (QED) is 0.556. The highest BCUT2D eigenvalue weighted by atomic mass is 32.2. The number of nitrogens with one attached hydrogen (secondary N) is 1. The highest BCUT2D eigenvalue weighted by molar-refractivity contribution is 7.99. The second-order valence-corrected chi connectivity index (χ2v) is 8.57. The van der Waals surface area contributed by atoms with Crippen LogP contribution in [-0.2, 0) is 4.79 Å². The summed E-state index contributed by atoms with van der Waals surface area (Å²) in [5, 5.41) is 14.4. The van der Waals surface area contributed by atoms with E-state index in [4.69, 9.17) is 4.74 Å². The van der Waals surface area contributed by atoms with Gasteiger partial charge in [0.25, 0.3) is 0 Å². The number of hydrogen-bond acceptors (Lipinski definition) is 6. The van der Waals surface area contributed by atoms with E-state index >= 15 is 0 Å². The molecule has 0 radical (unpaired) electrons. The van der Waals surface area contributed by atoms with Crippen molar-refractivity contribution in [2.24, 2.45) is 5.92 Å². The lowest BCUT2D eigenvalue weighted by Gasteiger charge is -2.17. The van der Waals surface area contributed by atoms with E-state index in [0.717, 1.165) is 22.1 Å². The van der Waals surface area contributed by atoms with Crippen LogP contribution >= 0.6 is 23.1 Å². The van der Waals surface area contributed by atoms with Gasteiger partial charge in [-0.3, -0.25) is 9.36 Å². The van der Waals surface area contributed by atoms with Gasteiger partial charge in [-0.25, -0.2) is 0 Å². The maximum Gasteiger partial charge on any atom is 0.230 e. The van der Waals surface area contributed by atoms with Crippen molar-refractivity contribution in [3.8, 4) is 22.1 Å². The van der Waals surface area contributed by atoms with Crippen LogP contribution in [0.2, 0.25) is 0 Å². The van der Waals surface area contributed by atoms with Crippen LogP contribution < -0.4 is 10.1 Å². The molecule has 3 rings (SSSR count). The molecule has 1 atom stereocenters. The van der Waals surface area contributed by atoms with Crippen molar-refractivity contribution in [3.05, 3.63) is 41.8 Å². The SMILES string of the molecule is COc1ccccc1-n1c(SCC(=O)N[C@@H](C)C(C)C)nnc1-c1cccs1. The van der Waals surface area contributed by atoms with Gasteiger partial charge in [-0.15, -0.1) is 21.5 Å². The zero-order valence-electron chi connectivity index (χ0n) is 16.4. The first-order valence-corrected chi connectivity index (χ1v) is 10.9. The van der Waals surface area contributed by atoms with Crippen molar-refractivity contribution >= 4 is 29.0 Å². The van der Waals surface area contributed by atoms with Gasteiger partial charge in [-0.1, -0.05) is 43.8 Å². The molecule has 0 aliphatic carbocycles. The zero-order chi connectivity index (χ0) is 20.1. The van der Waals surface area contributed by atoms with Gasteiger partial charge in [0.2, 0.25) is 5.91 Å². The summed E-state index contributed by atoms with van der Waals surface area (Å²) in [5.74, 6) is 2.10. The fourth-order valence-corrected chi connectivity index (χ4v) is 4.01. The number of para-hydroxylation sites is 2. The summed E-state index contributed by atoms with van der Waals surface area (Å²) in [6.45, 7) is 6.19. The lowest BCUT2D eigenvalue weighted by molar-refractivity contribution is -0.119. The first-order valence-electron chi connectivity index (χ1n) is 9.06. The van der Waals surface area contributed by atoms with Gasteiger partial charge in [-0.05, 0) is 36.4 Å². The van der Waals surface area contributed by atoms with Crippen LogP contribution in [-0.4, -0.2) is 39.6 Å². The third-order valence-electron chi connectivity index (χ3n) is 4.42. The zero-order valence-corrected chi connectivity index (χ0v) is 18.0. The summed E-state index contributed by atoms with van der Waals surface area (Å²) in [4.78, 5) is 13.3. The first-order chi connectivity index (χ1) is 13.5. The first kappa shape index (κ1) is 20.4. The number of ether oxygens (including phenoxy) is 1. The average Bonchev–Trinajstić information content (AvgIpc) is 3.35. The fraction of sp³-hybridized carbons (Fsp3) is 0.350. The Balaban J connectivity index is 1.91. The van der Waals surface area contributed by atoms with Gasteiger partial charge in [-0.2, -0.15) is 0 Å². The standard InChI is InChI=1S/C20H24N4O2S2/c1-13(2)14(3)21-18(25)12-28-20-23-22-19(17-10-7-11-27-17)24(20)15-8-5-6-9-16(15)26-4/h5-11,13-14H,12H2,1-4H3,(H,21,25)/t14-/m0/s1. The molecule has 0 saturated carbocycles. The maximum atomic E-state index is 12.3. The summed E-state index contributed by atoms with van der Waals surface area (Å²) in [6.07, 6.45) is 0. The van der Waals surface area contributed by atoms with E-state index in [2.05, 4.69) is 29.4 Å². The number of thioether (sulfide) groups is 1. The molecule has 0 fully saturated rings. The van der Waals surface area contributed by atoms with Crippen LogP contribution in [0.3, 0.4) is 0 Å². The third-order valence-corrected chi connectivity index (χ3v) is 6.22. The molecular formula is C20H24N4O2S2. The Kier molecular flexibility index (Phi) is 6.74. The minimum atomic E-state index is -0.0153. The summed E-state index contributed by atoms with van der Waals surface area (Å²) in [6, 6.07) is 11.8. The van der Waals surface area contributed by atoms with Crippen molar-refractivity contribution in [3.63, 3.8) is 0 Å². The molecule has 3 aromatic rings. The van der Waals surface area contributed by atoms with Crippen molar-refractivity contribution in [1.82, 2.24) is 20.1 Å². The van der Waals surface area contributed by atoms with Crippen LogP contribution in [0.15, 0.2) is 46.9 Å². The molecule has 0 spiro atoms. The van der Waals surface area contributed by atoms with Gasteiger partial charge in [0.05, 0.1) is 23.4 Å². The lowest BCUT2D eigenvalue weighted by atomic mass is 10.1. The molecule has 1 N–H and O–H groups in total. The smallest absolute Gasteiger partial charge is 0.230 e. The van der Waals surface area contributed by atoms with Gasteiger partial charge in [0.15, 0.2) is 11.0 Å². The highest BCUT2D eigenvalue weighted by Gasteiger charge is 2.20. The molecule has 0 bridgehead atoms. The number of amides is 1. The minimum Gasteiger partial charge on any atom is -0.495 e. The van der Waals surface area contributed by atoms with E-state index in [-0.39, 0.29) is 17.7 Å². The summed E-state index contributed by atoms with van der Waals surface area (Å²) < 4.78 is 7.49. The van der Waals surface area contributed by atoms with E-state index in [1.54, 1.807) is 18.4 Å². The molecule has 2 heterocycles. The topological polar surface area (TPSA) is 69.0 Å². The number of nitrogens with zero attached hydrogens (tertiary/aromatic N) is 3. The van der Waals surface area contributed by atoms with Crippen LogP contribution in [0.25, 0.3) is 16.4 Å².